The summed E-state index contributed by atoms with van der Waals surface area (Å²) in [4.78, 5) is 5.88. The van der Waals surface area contributed by atoms with Gasteiger partial charge in [0.05, 0.1) is 11.1 Å². The van der Waals surface area contributed by atoms with Gasteiger partial charge in [-0.25, -0.2) is 4.98 Å². The average molecular weight is 268 g/mol. The molecule has 102 valence electrons. The Hall–Kier alpha value is -0.450. The van der Waals surface area contributed by atoms with Crippen LogP contribution in [0.25, 0.3) is 0 Å². The molecular weight excluding hydrogens is 244 g/mol. The van der Waals surface area contributed by atoms with Gasteiger partial charge in [-0.1, -0.05) is 19.8 Å². The van der Waals surface area contributed by atoms with E-state index in [1.54, 1.807) is 0 Å². The van der Waals surface area contributed by atoms with Crippen LogP contribution >= 0.6 is 11.3 Å². The number of aromatic nitrogens is 1. The number of hydrogen-bond acceptors (Lipinski definition) is 4. The number of aliphatic hydroxyl groups is 1. The second kappa shape index (κ2) is 7.22. The fraction of sp³-hybridized carbons (Fsp3) is 0.786. The molecule has 1 atom stereocenters. The second-order valence-corrected chi connectivity index (χ2v) is 6.32. The molecule has 0 aliphatic heterocycles. The lowest BCUT2D eigenvalue weighted by atomic mass is 10.1. The Bertz CT molecular complexity index is 347. The Kier molecular flexibility index (Phi) is 5.60. The molecule has 1 heterocycles. The third-order valence-corrected chi connectivity index (χ3v) is 4.86. The van der Waals surface area contributed by atoms with Crippen molar-refractivity contribution in [3.8, 4) is 0 Å². The van der Waals surface area contributed by atoms with E-state index >= 15 is 0 Å². The fourth-order valence-corrected chi connectivity index (χ4v) is 3.51. The van der Waals surface area contributed by atoms with Crippen molar-refractivity contribution < 1.29 is 5.11 Å². The van der Waals surface area contributed by atoms with E-state index in [1.165, 1.54) is 35.6 Å². The molecule has 1 unspecified atom stereocenters. The van der Waals surface area contributed by atoms with Gasteiger partial charge in [0.2, 0.25) is 0 Å². The monoisotopic (exact) mass is 268 g/mol. The first-order valence-electron chi connectivity index (χ1n) is 7.13. The van der Waals surface area contributed by atoms with Crippen LogP contribution in [0.5, 0.6) is 0 Å². The number of thiazole rings is 1. The van der Waals surface area contributed by atoms with Crippen LogP contribution in [0.1, 0.15) is 61.3 Å². The van der Waals surface area contributed by atoms with Crippen molar-refractivity contribution in [1.82, 2.24) is 10.3 Å². The largest absolute Gasteiger partial charge is 0.393 e. The highest BCUT2D eigenvalue weighted by Gasteiger charge is 2.19. The predicted molar refractivity (Wildman–Crippen MR) is 75.9 cm³/mol. The van der Waals surface area contributed by atoms with E-state index in [2.05, 4.69) is 10.3 Å². The molecule has 1 aromatic heterocycles. The first kappa shape index (κ1) is 14.0. The molecule has 1 saturated carbocycles. The van der Waals surface area contributed by atoms with Crippen LogP contribution in [0.2, 0.25) is 0 Å². The minimum absolute atomic E-state index is 0.159. The second-order valence-electron chi connectivity index (χ2n) is 5.17. The van der Waals surface area contributed by atoms with Gasteiger partial charge in [-0.05, 0) is 32.2 Å². The van der Waals surface area contributed by atoms with Crippen molar-refractivity contribution in [1.29, 1.82) is 0 Å². The summed E-state index contributed by atoms with van der Waals surface area (Å²) in [6, 6.07) is 0. The van der Waals surface area contributed by atoms with Crippen molar-refractivity contribution in [3.05, 3.63) is 16.1 Å². The Morgan fingerprint density at radius 2 is 2.28 bits per heavy atom. The maximum Gasteiger partial charge on any atom is 0.0959 e. The number of hydrogen-bond donors (Lipinski definition) is 2. The molecule has 2 N–H and O–H groups in total. The molecule has 3 nitrogen and oxygen atoms in total. The van der Waals surface area contributed by atoms with E-state index in [-0.39, 0.29) is 6.10 Å². The third kappa shape index (κ3) is 4.04. The highest BCUT2D eigenvalue weighted by Crippen LogP contribution is 2.35. The quantitative estimate of drug-likeness (QED) is 0.747. The summed E-state index contributed by atoms with van der Waals surface area (Å²) >= 11 is 1.86. The maximum absolute atomic E-state index is 9.45. The van der Waals surface area contributed by atoms with Crippen LogP contribution in [0.3, 0.4) is 0 Å². The van der Waals surface area contributed by atoms with Crippen molar-refractivity contribution in [2.24, 2.45) is 0 Å². The molecule has 1 aliphatic carbocycles. The molecular formula is C14H24N2OS. The SMILES string of the molecule is CCC(O)CCNCc1cnc(C2CCCC2)s1. The Balaban J connectivity index is 1.70. The van der Waals surface area contributed by atoms with Gasteiger partial charge in [-0.2, -0.15) is 0 Å². The predicted octanol–water partition coefficient (Wildman–Crippen LogP) is 3.05. The van der Waals surface area contributed by atoms with Crippen LogP contribution in [0, 0.1) is 0 Å². The molecule has 4 heteroatoms. The van der Waals surface area contributed by atoms with E-state index in [0.717, 1.165) is 31.8 Å². The van der Waals surface area contributed by atoms with Crippen molar-refractivity contribution in [2.45, 2.75) is 64.0 Å². The first-order chi connectivity index (χ1) is 8.79. The van der Waals surface area contributed by atoms with Crippen molar-refractivity contribution >= 4 is 11.3 Å². The van der Waals surface area contributed by atoms with E-state index < -0.39 is 0 Å². The van der Waals surface area contributed by atoms with Gasteiger partial charge < -0.3 is 10.4 Å². The van der Waals surface area contributed by atoms with E-state index in [4.69, 9.17) is 0 Å². The Morgan fingerprint density at radius 3 is 3.00 bits per heavy atom. The molecule has 1 aromatic rings. The molecule has 0 aromatic carbocycles. The summed E-state index contributed by atoms with van der Waals surface area (Å²) in [5.74, 6) is 0.727. The van der Waals surface area contributed by atoms with Crippen LogP contribution in [0.15, 0.2) is 6.20 Å². The summed E-state index contributed by atoms with van der Waals surface area (Å²) < 4.78 is 0. The number of rotatable bonds is 7. The van der Waals surface area contributed by atoms with Crippen LogP contribution in [0.4, 0.5) is 0 Å². The Morgan fingerprint density at radius 1 is 1.50 bits per heavy atom. The van der Waals surface area contributed by atoms with Gasteiger partial charge in [0.25, 0.3) is 0 Å². The molecule has 0 amide bonds. The minimum atomic E-state index is -0.159. The van der Waals surface area contributed by atoms with Crippen LogP contribution < -0.4 is 5.32 Å². The molecule has 1 fully saturated rings. The molecule has 0 saturated heterocycles. The molecule has 18 heavy (non-hydrogen) atoms. The highest BCUT2D eigenvalue weighted by molar-refractivity contribution is 7.11. The lowest BCUT2D eigenvalue weighted by Crippen LogP contribution is -2.19. The van der Waals surface area contributed by atoms with Gasteiger partial charge in [0, 0.05) is 23.5 Å². The molecule has 0 spiro atoms. The van der Waals surface area contributed by atoms with Gasteiger partial charge in [0.1, 0.15) is 0 Å². The average Bonchev–Trinajstić information content (AvgIpc) is 3.04. The molecule has 1 aliphatic rings. The zero-order chi connectivity index (χ0) is 12.8. The summed E-state index contributed by atoms with van der Waals surface area (Å²) in [5, 5.41) is 14.2. The zero-order valence-electron chi connectivity index (χ0n) is 11.2. The summed E-state index contributed by atoms with van der Waals surface area (Å²) in [7, 11) is 0. The van der Waals surface area contributed by atoms with E-state index in [9.17, 15) is 5.11 Å². The summed E-state index contributed by atoms with van der Waals surface area (Å²) in [5.41, 5.74) is 0. The van der Waals surface area contributed by atoms with Crippen molar-refractivity contribution in [3.63, 3.8) is 0 Å². The lowest BCUT2D eigenvalue weighted by molar-refractivity contribution is 0.160. The van der Waals surface area contributed by atoms with Crippen LogP contribution in [-0.2, 0) is 6.54 Å². The van der Waals surface area contributed by atoms with Gasteiger partial charge in [0.15, 0.2) is 0 Å². The Labute approximate surface area is 114 Å². The minimum Gasteiger partial charge on any atom is -0.393 e. The third-order valence-electron chi connectivity index (χ3n) is 3.70. The fourth-order valence-electron chi connectivity index (χ4n) is 2.45. The number of nitrogens with zero attached hydrogens (tertiary/aromatic N) is 1. The van der Waals surface area contributed by atoms with Gasteiger partial charge >= 0.3 is 0 Å². The van der Waals surface area contributed by atoms with Crippen LogP contribution in [-0.4, -0.2) is 22.7 Å². The molecule has 0 radical (unpaired) electrons. The maximum atomic E-state index is 9.45. The van der Waals surface area contributed by atoms with Gasteiger partial charge in [-0.3, -0.25) is 0 Å². The standard InChI is InChI=1S/C14H24N2OS/c1-2-12(17)7-8-15-9-13-10-16-14(18-13)11-5-3-4-6-11/h10-12,15,17H,2-9H2,1H3. The number of nitrogens with one attached hydrogen (secondary N) is 1. The van der Waals surface area contributed by atoms with Gasteiger partial charge in [-0.15, -0.1) is 11.3 Å². The summed E-state index contributed by atoms with van der Waals surface area (Å²) in [6.07, 6.45) is 8.92. The van der Waals surface area contributed by atoms with E-state index in [0.29, 0.717) is 0 Å². The van der Waals surface area contributed by atoms with E-state index in [1.807, 2.05) is 24.5 Å². The highest BCUT2D eigenvalue weighted by atomic mass is 32.1. The first-order valence-corrected chi connectivity index (χ1v) is 7.94. The lowest BCUT2D eigenvalue weighted by Gasteiger charge is -2.07. The molecule has 0 bridgehead atoms. The summed E-state index contributed by atoms with van der Waals surface area (Å²) in [6.45, 7) is 3.79. The number of aliphatic hydroxyl groups excluding tert-OH is 1. The zero-order valence-corrected chi connectivity index (χ0v) is 12.0. The smallest absolute Gasteiger partial charge is 0.0959 e. The molecule has 2 rings (SSSR count). The van der Waals surface area contributed by atoms with Crippen molar-refractivity contribution in [2.75, 3.05) is 6.54 Å². The topological polar surface area (TPSA) is 45.1 Å². The normalized spacial score (nSPS) is 18.3.